The quantitative estimate of drug-likeness (QED) is 0.0195. The van der Waals surface area contributed by atoms with Gasteiger partial charge >= 0.3 is 11.9 Å². The number of quaternary nitrogens is 1. The Morgan fingerprint density at radius 3 is 0.885 bits per heavy atom. The summed E-state index contributed by atoms with van der Waals surface area (Å²) in [4.78, 5) is 38.2. The van der Waals surface area contributed by atoms with Crippen molar-refractivity contribution in [2.24, 2.45) is 0 Å². The zero-order chi connectivity index (χ0) is 69.7. The number of allylic oxidation sites excluding steroid dienone is 18. The number of carbonyl (C=O) groups is 2. The van der Waals surface area contributed by atoms with Crippen LogP contribution in [0.25, 0.3) is 0 Å². The van der Waals surface area contributed by atoms with Gasteiger partial charge in [0.1, 0.15) is 19.8 Å². The van der Waals surface area contributed by atoms with E-state index in [4.69, 9.17) is 18.5 Å². The summed E-state index contributed by atoms with van der Waals surface area (Å²) < 4.78 is 34.4. The number of phosphoric acid groups is 1. The number of carbonyl (C=O) groups excluding carboxylic acids is 2. The number of phosphoric ester groups is 1. The monoisotopic (exact) mass is 1360 g/mol. The van der Waals surface area contributed by atoms with Gasteiger partial charge in [-0.25, -0.2) is 0 Å². The maximum absolute atomic E-state index is 12.9. The van der Waals surface area contributed by atoms with Crippen molar-refractivity contribution < 1.29 is 42.1 Å². The van der Waals surface area contributed by atoms with Crippen LogP contribution in [0.2, 0.25) is 0 Å². The first-order valence-corrected chi connectivity index (χ1v) is 42.1. The minimum absolute atomic E-state index is 0.0388. The standard InChI is InChI=1S/C86H154NO8P/c1-6-8-10-12-14-16-18-20-22-24-26-28-30-32-34-36-38-40-41-42-43-44-45-47-48-50-52-54-56-58-60-62-64-66-68-70-72-74-76-78-85(88)92-82-84(83-94-96(90,91)93-81-80-87(3,4)5)95-86(89)79-77-75-73-71-69-67-65-63-61-59-57-55-53-51-49-46-39-37-35-33-31-29-27-25-23-21-19-17-15-13-11-9-7-2/h9,11,15,17,21,23,27,29,33,35,39,46,51,53,57,59,63,65,84H,6-8,10,12-14,16,18-20,22,24-26,28,30-32,34,36-38,40-45,47-50,52,54-56,58,60-62,64,66-83H2,1-5H3/b11-9-,17-15-,23-21-,29-27-,35-33-,46-39-,53-51-,59-57-,65-63-. The van der Waals surface area contributed by atoms with E-state index in [2.05, 4.69) is 123 Å². The molecule has 2 unspecified atom stereocenters. The van der Waals surface area contributed by atoms with Crippen LogP contribution in [0, 0.1) is 0 Å². The molecule has 0 aliphatic rings. The van der Waals surface area contributed by atoms with Gasteiger partial charge < -0.3 is 27.9 Å². The van der Waals surface area contributed by atoms with E-state index in [1.165, 1.54) is 231 Å². The lowest BCUT2D eigenvalue weighted by Gasteiger charge is -2.28. The number of unbranched alkanes of at least 4 members (excludes halogenated alkanes) is 43. The molecule has 0 saturated carbocycles. The lowest BCUT2D eigenvalue weighted by atomic mass is 10.0. The van der Waals surface area contributed by atoms with E-state index in [9.17, 15) is 19.0 Å². The van der Waals surface area contributed by atoms with Crippen molar-refractivity contribution in [1.82, 2.24) is 0 Å². The molecule has 0 aromatic rings. The molecular formula is C86H154NO8P. The van der Waals surface area contributed by atoms with Crippen molar-refractivity contribution in [3.63, 3.8) is 0 Å². The Labute approximate surface area is 595 Å². The molecule has 2 atom stereocenters. The summed E-state index contributed by atoms with van der Waals surface area (Å²) in [5.41, 5.74) is 0. The molecular weight excluding hydrogens is 1210 g/mol. The molecule has 0 aliphatic heterocycles. The number of hydrogen-bond acceptors (Lipinski definition) is 8. The zero-order valence-electron chi connectivity index (χ0n) is 63.6. The molecule has 0 spiro atoms. The van der Waals surface area contributed by atoms with Crippen LogP contribution in [-0.2, 0) is 32.7 Å². The molecule has 0 fully saturated rings. The van der Waals surface area contributed by atoms with Gasteiger partial charge in [-0.15, -0.1) is 0 Å². The Morgan fingerprint density at radius 2 is 0.594 bits per heavy atom. The highest BCUT2D eigenvalue weighted by Crippen LogP contribution is 2.38. The molecule has 556 valence electrons. The van der Waals surface area contributed by atoms with Gasteiger partial charge in [0.25, 0.3) is 7.82 Å². The van der Waals surface area contributed by atoms with Gasteiger partial charge in [-0.2, -0.15) is 0 Å². The summed E-state index contributed by atoms with van der Waals surface area (Å²) >= 11 is 0. The van der Waals surface area contributed by atoms with Crippen LogP contribution in [0.3, 0.4) is 0 Å². The average molecular weight is 1360 g/mol. The normalized spacial score (nSPS) is 13.6. The lowest BCUT2D eigenvalue weighted by molar-refractivity contribution is -0.870. The first-order valence-electron chi connectivity index (χ1n) is 40.6. The molecule has 0 radical (unpaired) electrons. The molecule has 0 rings (SSSR count). The number of hydrogen-bond donors (Lipinski definition) is 0. The van der Waals surface area contributed by atoms with E-state index in [0.717, 1.165) is 109 Å². The third kappa shape index (κ3) is 79.7. The largest absolute Gasteiger partial charge is 0.756 e. The van der Waals surface area contributed by atoms with Crippen LogP contribution in [0.5, 0.6) is 0 Å². The summed E-state index contributed by atoms with van der Waals surface area (Å²) in [7, 11) is 1.15. The maximum Gasteiger partial charge on any atom is 0.306 e. The average Bonchev–Trinajstić information content (AvgIpc) is 1.48. The van der Waals surface area contributed by atoms with Crippen LogP contribution in [-0.4, -0.2) is 70.0 Å². The van der Waals surface area contributed by atoms with Crippen LogP contribution in [0.4, 0.5) is 0 Å². The van der Waals surface area contributed by atoms with Crippen LogP contribution in [0.15, 0.2) is 109 Å². The topological polar surface area (TPSA) is 111 Å². The van der Waals surface area contributed by atoms with Crippen molar-refractivity contribution in [1.29, 1.82) is 0 Å². The van der Waals surface area contributed by atoms with E-state index < -0.39 is 26.5 Å². The minimum Gasteiger partial charge on any atom is -0.756 e. The molecule has 0 amide bonds. The first-order chi connectivity index (χ1) is 47.0. The predicted octanol–water partition coefficient (Wildman–Crippen LogP) is 26.5. The Kier molecular flexibility index (Phi) is 73.2. The predicted molar refractivity (Wildman–Crippen MR) is 415 cm³/mol. The van der Waals surface area contributed by atoms with Crippen molar-refractivity contribution >= 4 is 19.8 Å². The summed E-state index contributed by atoms with van der Waals surface area (Å²) in [6.07, 6.45) is 108. The van der Waals surface area contributed by atoms with Crippen molar-refractivity contribution in [3.05, 3.63) is 109 Å². The van der Waals surface area contributed by atoms with Gasteiger partial charge in [-0.05, 0) is 83.5 Å². The molecule has 0 N–H and O–H groups in total. The van der Waals surface area contributed by atoms with Gasteiger partial charge in [-0.1, -0.05) is 386 Å². The second-order valence-corrected chi connectivity index (χ2v) is 29.8. The Hall–Kier alpha value is -3.33. The molecule has 0 aromatic heterocycles. The second-order valence-electron chi connectivity index (χ2n) is 28.4. The van der Waals surface area contributed by atoms with Crippen LogP contribution >= 0.6 is 7.82 Å². The van der Waals surface area contributed by atoms with Crippen molar-refractivity contribution in [2.75, 3.05) is 47.5 Å². The molecule has 0 heterocycles. The summed E-state index contributed by atoms with van der Waals surface area (Å²) in [6.45, 7) is 4.14. The van der Waals surface area contributed by atoms with E-state index in [1.807, 2.05) is 21.1 Å². The SMILES string of the molecule is CC/C=C\C/C=C\C/C=C\C/C=C\C/C=C\C/C=C\C/C=C\C/C=C\C/C=C\CCCCCCCC(=O)OC(COC(=O)CCCCCCCCCCCCCCCCCCCCCCCCCCCCCCCCCCCCCCCCC)COP(=O)([O-])OCC[N+](C)(C)C. The van der Waals surface area contributed by atoms with Gasteiger partial charge in [-0.3, -0.25) is 14.2 Å². The first kappa shape index (κ1) is 92.7. The van der Waals surface area contributed by atoms with Crippen LogP contribution in [0.1, 0.15) is 373 Å². The highest BCUT2D eigenvalue weighted by Gasteiger charge is 2.22. The Balaban J connectivity index is 3.99. The van der Waals surface area contributed by atoms with Crippen molar-refractivity contribution in [2.45, 2.75) is 380 Å². The molecule has 10 heteroatoms. The van der Waals surface area contributed by atoms with Crippen LogP contribution < -0.4 is 4.89 Å². The van der Waals surface area contributed by atoms with Gasteiger partial charge in [0.15, 0.2) is 6.10 Å². The highest BCUT2D eigenvalue weighted by molar-refractivity contribution is 7.45. The number of likely N-dealkylation sites (N-methyl/N-ethyl adjacent to an activating group) is 1. The molecule has 0 aliphatic carbocycles. The van der Waals surface area contributed by atoms with Gasteiger partial charge in [0, 0.05) is 12.8 Å². The smallest absolute Gasteiger partial charge is 0.306 e. The second kappa shape index (κ2) is 75.9. The zero-order valence-corrected chi connectivity index (χ0v) is 64.5. The molecule has 0 aromatic carbocycles. The molecule has 0 bridgehead atoms. The fourth-order valence-corrected chi connectivity index (χ4v) is 12.4. The summed E-state index contributed by atoms with van der Waals surface area (Å²) in [5, 5.41) is 0. The van der Waals surface area contributed by atoms with Gasteiger partial charge in [0.2, 0.25) is 0 Å². The van der Waals surface area contributed by atoms with Crippen molar-refractivity contribution in [3.8, 4) is 0 Å². The Bertz CT molecular complexity index is 1990. The van der Waals surface area contributed by atoms with Gasteiger partial charge in [0.05, 0.1) is 27.7 Å². The number of nitrogens with zero attached hydrogens (tertiary/aromatic N) is 1. The molecule has 0 saturated heterocycles. The number of esters is 2. The van der Waals surface area contributed by atoms with E-state index >= 15 is 0 Å². The maximum atomic E-state index is 12.9. The molecule has 96 heavy (non-hydrogen) atoms. The van der Waals surface area contributed by atoms with E-state index in [1.54, 1.807) is 0 Å². The number of rotatable bonds is 75. The van der Waals surface area contributed by atoms with E-state index in [-0.39, 0.29) is 32.0 Å². The third-order valence-corrected chi connectivity index (χ3v) is 18.8. The summed E-state index contributed by atoms with van der Waals surface area (Å²) in [6, 6.07) is 0. The number of ether oxygens (including phenoxy) is 2. The third-order valence-electron chi connectivity index (χ3n) is 17.8. The lowest BCUT2D eigenvalue weighted by Crippen LogP contribution is -2.37. The van der Waals surface area contributed by atoms with E-state index in [0.29, 0.717) is 17.4 Å². The highest BCUT2D eigenvalue weighted by atomic mass is 31.2. The Morgan fingerprint density at radius 1 is 0.333 bits per heavy atom. The molecule has 9 nitrogen and oxygen atoms in total. The summed E-state index contributed by atoms with van der Waals surface area (Å²) in [5.74, 6) is -0.848. The fraction of sp³-hybridized carbons (Fsp3) is 0.767. The fourth-order valence-electron chi connectivity index (χ4n) is 11.7. The minimum atomic E-state index is -4.66.